The minimum Gasteiger partial charge on any atom is -0.334 e. The lowest BCUT2D eigenvalue weighted by atomic mass is 10.4. The van der Waals surface area contributed by atoms with Gasteiger partial charge in [-0.1, -0.05) is 4.48 Å². The zero-order chi connectivity index (χ0) is 7.44. The van der Waals surface area contributed by atoms with Crippen LogP contribution in [0.1, 0.15) is 13.8 Å². The van der Waals surface area contributed by atoms with Gasteiger partial charge in [0.25, 0.3) is 0 Å². The number of carbonyl (C=O) groups is 1. The number of nitrogens with zero attached hydrogens (tertiary/aromatic N) is 1. The van der Waals surface area contributed by atoms with Crippen LogP contribution in [0, 0.1) is 0 Å². The average molecular weight is 152 g/mol. The van der Waals surface area contributed by atoms with E-state index >= 15 is 0 Å². The Morgan fingerprint density at radius 2 is 2.22 bits per heavy atom. The fourth-order valence-corrected chi connectivity index (χ4v) is 0.383. The van der Waals surface area contributed by atoms with Crippen LogP contribution >= 0.6 is 9.39 Å². The first kappa shape index (κ1) is 8.63. The topological polar surface area (TPSA) is 32.3 Å². The molecule has 0 fully saturated rings. The van der Waals surface area contributed by atoms with Gasteiger partial charge in [-0.05, 0) is 13.8 Å². The minimum atomic E-state index is -0.741. The first-order chi connectivity index (χ1) is 4.04. The summed E-state index contributed by atoms with van der Waals surface area (Å²) in [5.74, 6) is 0. The predicted molar refractivity (Wildman–Crippen MR) is 36.3 cm³/mol. The number of amides is 2. The number of hydrogen-bond donors (Lipinski definition) is 1. The molecule has 2 amide bonds. The van der Waals surface area contributed by atoms with Crippen LogP contribution in [-0.2, 0) is 0 Å². The van der Waals surface area contributed by atoms with Gasteiger partial charge in [-0.2, -0.15) is 0 Å². The predicted octanol–water partition coefficient (Wildman–Crippen LogP) is 1.08. The second kappa shape index (κ2) is 3.62. The number of urea groups is 1. The van der Waals surface area contributed by atoms with E-state index in [9.17, 15) is 9.28 Å². The molecule has 9 heavy (non-hydrogen) atoms. The van der Waals surface area contributed by atoms with Crippen molar-refractivity contribution in [2.75, 3.05) is 0 Å². The molecular formula is C4H10FN2OP. The summed E-state index contributed by atoms with van der Waals surface area (Å²) in [6.45, 7) is 3.51. The largest absolute Gasteiger partial charge is 0.348 e. The van der Waals surface area contributed by atoms with Gasteiger partial charge >= 0.3 is 6.03 Å². The molecule has 0 aromatic rings. The molecule has 0 heterocycles. The van der Waals surface area contributed by atoms with E-state index in [1.54, 1.807) is 23.2 Å². The molecule has 0 bridgehead atoms. The fraction of sp³-hybridized carbons (Fsp3) is 0.750. The van der Waals surface area contributed by atoms with Gasteiger partial charge in [0.15, 0.2) is 0 Å². The molecule has 3 nitrogen and oxygen atoms in total. The number of hydrogen-bond acceptors (Lipinski definition) is 1. The Kier molecular flexibility index (Phi) is 3.47. The summed E-state index contributed by atoms with van der Waals surface area (Å²) in [5.41, 5.74) is 0. The molecule has 0 saturated carbocycles. The van der Waals surface area contributed by atoms with E-state index in [1.807, 2.05) is 0 Å². The third-order valence-electron chi connectivity index (χ3n) is 0.606. The Balaban J connectivity index is 3.51. The summed E-state index contributed by atoms with van der Waals surface area (Å²) in [7, 11) is 1.62. The van der Waals surface area contributed by atoms with Crippen molar-refractivity contribution in [3.05, 3.63) is 0 Å². The van der Waals surface area contributed by atoms with Crippen LogP contribution in [0.2, 0.25) is 0 Å². The van der Waals surface area contributed by atoms with Crippen LogP contribution in [0.15, 0.2) is 0 Å². The lowest BCUT2D eigenvalue weighted by Crippen LogP contribution is -2.34. The molecule has 0 aliphatic rings. The second-order valence-electron chi connectivity index (χ2n) is 1.92. The zero-order valence-corrected chi connectivity index (χ0v) is 6.54. The molecule has 0 radical (unpaired) electrons. The van der Waals surface area contributed by atoms with Crippen molar-refractivity contribution in [1.82, 2.24) is 10.2 Å². The molecule has 0 aliphatic carbocycles. The molecule has 0 aromatic carbocycles. The standard InChI is InChI=1S/C4H10FN2OP/c1-3(2)6-4(8)7(5)9/h3H,9H2,1-2H3,(H,6,8). The fourth-order valence-electron chi connectivity index (χ4n) is 0.309. The SMILES string of the molecule is CC(C)NC(=O)N(F)P. The summed E-state index contributed by atoms with van der Waals surface area (Å²) in [4.78, 5) is 10.3. The Morgan fingerprint density at radius 1 is 1.78 bits per heavy atom. The second-order valence-corrected chi connectivity index (χ2v) is 2.37. The average Bonchev–Trinajstić information content (AvgIpc) is 1.63. The normalized spacial score (nSPS) is 9.44. The van der Waals surface area contributed by atoms with Gasteiger partial charge in [0.05, 0.1) is 0 Å². The summed E-state index contributed by atoms with van der Waals surface area (Å²) >= 11 is 0. The molecule has 0 aromatic heterocycles. The highest BCUT2D eigenvalue weighted by Crippen LogP contribution is 1.98. The molecule has 1 atom stereocenters. The maximum absolute atomic E-state index is 11.8. The van der Waals surface area contributed by atoms with Crippen molar-refractivity contribution in [3.8, 4) is 0 Å². The van der Waals surface area contributed by atoms with Crippen molar-refractivity contribution in [2.45, 2.75) is 19.9 Å². The van der Waals surface area contributed by atoms with Crippen molar-refractivity contribution in [3.63, 3.8) is 0 Å². The van der Waals surface area contributed by atoms with Gasteiger partial charge in [-0.3, -0.25) is 0 Å². The molecule has 1 unspecified atom stereocenters. The van der Waals surface area contributed by atoms with Gasteiger partial charge in [-0.15, -0.1) is 4.89 Å². The maximum Gasteiger partial charge on any atom is 0.348 e. The van der Waals surface area contributed by atoms with Gasteiger partial charge in [0, 0.05) is 15.4 Å². The number of nitrogens with one attached hydrogen (secondary N) is 1. The lowest BCUT2D eigenvalue weighted by Gasteiger charge is -2.09. The van der Waals surface area contributed by atoms with E-state index in [4.69, 9.17) is 0 Å². The Labute approximate surface area is 55.8 Å². The molecular weight excluding hydrogens is 142 g/mol. The molecule has 54 valence electrons. The molecule has 0 aliphatic heterocycles. The van der Waals surface area contributed by atoms with Crippen molar-refractivity contribution < 1.29 is 9.28 Å². The van der Waals surface area contributed by atoms with E-state index in [-0.39, 0.29) is 10.9 Å². The van der Waals surface area contributed by atoms with Crippen molar-refractivity contribution >= 4 is 15.4 Å². The van der Waals surface area contributed by atoms with E-state index < -0.39 is 6.03 Å². The van der Waals surface area contributed by atoms with E-state index in [0.717, 1.165) is 0 Å². The highest BCUT2D eigenvalue weighted by atomic mass is 31.0. The Bertz CT molecular complexity index is 107. The monoisotopic (exact) mass is 152 g/mol. The van der Waals surface area contributed by atoms with Crippen LogP contribution < -0.4 is 5.32 Å². The molecule has 0 spiro atoms. The Hall–Kier alpha value is -0.370. The van der Waals surface area contributed by atoms with E-state index in [1.165, 1.54) is 0 Å². The third-order valence-corrected chi connectivity index (χ3v) is 0.841. The van der Waals surface area contributed by atoms with Gasteiger partial charge in [0.2, 0.25) is 0 Å². The van der Waals surface area contributed by atoms with Gasteiger partial charge in [-0.25, -0.2) is 4.79 Å². The maximum atomic E-state index is 11.8. The number of carbonyl (C=O) groups excluding carboxylic acids is 1. The lowest BCUT2D eigenvalue weighted by molar-refractivity contribution is 0.154. The molecule has 5 heteroatoms. The zero-order valence-electron chi connectivity index (χ0n) is 5.39. The first-order valence-corrected chi connectivity index (χ1v) is 3.06. The summed E-state index contributed by atoms with van der Waals surface area (Å²) in [6.07, 6.45) is 0. The number of halogens is 1. The summed E-state index contributed by atoms with van der Waals surface area (Å²) in [5, 5.41) is 2.33. The summed E-state index contributed by atoms with van der Waals surface area (Å²) in [6, 6.07) is -0.772. The smallest absolute Gasteiger partial charge is 0.334 e. The van der Waals surface area contributed by atoms with Crippen LogP contribution in [0.4, 0.5) is 9.28 Å². The molecule has 1 N–H and O–H groups in total. The van der Waals surface area contributed by atoms with Crippen LogP contribution in [0.25, 0.3) is 0 Å². The minimum absolute atomic E-state index is 0.0312. The van der Waals surface area contributed by atoms with Gasteiger partial charge < -0.3 is 5.32 Å². The van der Waals surface area contributed by atoms with Crippen molar-refractivity contribution in [1.29, 1.82) is 0 Å². The van der Waals surface area contributed by atoms with Crippen LogP contribution in [0.5, 0.6) is 0 Å². The van der Waals surface area contributed by atoms with Crippen LogP contribution in [-0.4, -0.2) is 17.0 Å². The first-order valence-electron chi connectivity index (χ1n) is 2.55. The number of rotatable bonds is 1. The van der Waals surface area contributed by atoms with E-state index in [0.29, 0.717) is 0 Å². The summed E-state index contributed by atoms with van der Waals surface area (Å²) < 4.78 is 11.8. The van der Waals surface area contributed by atoms with Gasteiger partial charge in [0.1, 0.15) is 0 Å². The quantitative estimate of drug-likeness (QED) is 0.442. The van der Waals surface area contributed by atoms with Crippen molar-refractivity contribution in [2.24, 2.45) is 0 Å². The van der Waals surface area contributed by atoms with Crippen LogP contribution in [0.3, 0.4) is 0 Å². The third kappa shape index (κ3) is 4.15. The van der Waals surface area contributed by atoms with E-state index in [2.05, 4.69) is 5.32 Å². The molecule has 0 rings (SSSR count). The Morgan fingerprint density at radius 3 is 2.33 bits per heavy atom. The highest BCUT2D eigenvalue weighted by Gasteiger charge is 2.06. The molecule has 0 saturated heterocycles. The highest BCUT2D eigenvalue weighted by molar-refractivity contribution is 7.14.